The minimum atomic E-state index is -0.816. The van der Waals surface area contributed by atoms with Gasteiger partial charge in [0.1, 0.15) is 5.75 Å². The lowest BCUT2D eigenvalue weighted by atomic mass is 9.82. The predicted octanol–water partition coefficient (Wildman–Crippen LogP) is 4.33. The Morgan fingerprint density at radius 3 is 2.25 bits per heavy atom. The number of esters is 1. The molecule has 8 heteroatoms. The quantitative estimate of drug-likeness (QED) is 0.151. The van der Waals surface area contributed by atoms with Gasteiger partial charge >= 0.3 is 11.9 Å². The van der Waals surface area contributed by atoms with Crippen LogP contribution in [0.3, 0.4) is 0 Å². The van der Waals surface area contributed by atoms with Crippen molar-refractivity contribution >= 4 is 23.7 Å². The van der Waals surface area contributed by atoms with Gasteiger partial charge in [0.25, 0.3) is 0 Å². The molecule has 1 aliphatic rings. The van der Waals surface area contributed by atoms with E-state index in [2.05, 4.69) is 6.58 Å². The predicted molar refractivity (Wildman–Crippen MR) is 144 cm³/mol. The Balaban J connectivity index is 0.000000281. The van der Waals surface area contributed by atoms with Crippen molar-refractivity contribution in [1.82, 2.24) is 0 Å². The van der Waals surface area contributed by atoms with Crippen LogP contribution in [0.4, 0.5) is 0 Å². The molecular formula is C28H38N2O5S. The summed E-state index contributed by atoms with van der Waals surface area (Å²) in [5.74, 6) is 0.945. The Morgan fingerprint density at radius 2 is 1.72 bits per heavy atom. The van der Waals surface area contributed by atoms with E-state index in [9.17, 15) is 9.59 Å². The highest BCUT2D eigenvalue weighted by Crippen LogP contribution is 2.29. The van der Waals surface area contributed by atoms with Gasteiger partial charge in [-0.3, -0.25) is 9.59 Å². The van der Waals surface area contributed by atoms with Crippen molar-refractivity contribution in [3.8, 4) is 5.75 Å². The number of ether oxygens (including phenoxy) is 1. The third kappa shape index (κ3) is 10.5. The highest BCUT2D eigenvalue weighted by molar-refractivity contribution is 7.99. The summed E-state index contributed by atoms with van der Waals surface area (Å²) in [6, 6.07) is 14.7. The van der Waals surface area contributed by atoms with E-state index >= 15 is 0 Å². The third-order valence-electron chi connectivity index (χ3n) is 6.16. The van der Waals surface area contributed by atoms with E-state index in [1.165, 1.54) is 4.90 Å². The molecule has 6 N–H and O–H groups in total. The van der Waals surface area contributed by atoms with E-state index in [-0.39, 0.29) is 31.0 Å². The van der Waals surface area contributed by atoms with E-state index in [0.29, 0.717) is 24.6 Å². The molecule has 1 unspecified atom stereocenters. The number of carbonyl (C=O) groups excluding carboxylic acids is 1. The second-order valence-corrected chi connectivity index (χ2v) is 9.96. The highest BCUT2D eigenvalue weighted by Gasteiger charge is 2.27. The number of hydrogen-bond acceptors (Lipinski definition) is 7. The van der Waals surface area contributed by atoms with Crippen LogP contribution in [0.2, 0.25) is 0 Å². The number of carbonyl (C=O) groups is 2. The smallest absolute Gasteiger partial charge is 0.314 e. The fourth-order valence-electron chi connectivity index (χ4n) is 3.88. The van der Waals surface area contributed by atoms with Gasteiger partial charge in [0.05, 0.1) is 18.6 Å². The van der Waals surface area contributed by atoms with Gasteiger partial charge in [-0.05, 0) is 80.0 Å². The number of thioether (sulfide) groups is 1. The van der Waals surface area contributed by atoms with Crippen LogP contribution in [0.1, 0.15) is 49.3 Å². The summed E-state index contributed by atoms with van der Waals surface area (Å²) in [5.41, 5.74) is 13.2. The summed E-state index contributed by atoms with van der Waals surface area (Å²) >= 11 is 1.73. The molecule has 2 aromatic rings. The fraction of sp³-hybridized carbons (Fsp3) is 0.429. The fourth-order valence-corrected chi connectivity index (χ4v) is 4.52. The van der Waals surface area contributed by atoms with Crippen molar-refractivity contribution in [3.63, 3.8) is 0 Å². The van der Waals surface area contributed by atoms with Crippen LogP contribution in [0, 0.1) is 11.8 Å². The van der Waals surface area contributed by atoms with Gasteiger partial charge in [0.2, 0.25) is 0 Å². The lowest BCUT2D eigenvalue weighted by molar-refractivity contribution is -0.140. The molecule has 1 fully saturated rings. The number of benzene rings is 2. The molecule has 2 aromatic carbocycles. The van der Waals surface area contributed by atoms with Crippen LogP contribution < -0.4 is 16.2 Å². The zero-order valence-electron chi connectivity index (χ0n) is 20.7. The van der Waals surface area contributed by atoms with Crippen LogP contribution in [0.25, 0.3) is 0 Å². The van der Waals surface area contributed by atoms with Gasteiger partial charge in [-0.2, -0.15) is 0 Å². The molecule has 1 saturated carbocycles. The van der Waals surface area contributed by atoms with Crippen molar-refractivity contribution in [3.05, 3.63) is 72.3 Å². The average molecular weight is 515 g/mol. The van der Waals surface area contributed by atoms with E-state index in [0.717, 1.165) is 42.6 Å². The summed E-state index contributed by atoms with van der Waals surface area (Å²) < 4.78 is 5.42. The molecule has 0 aromatic heterocycles. The summed E-state index contributed by atoms with van der Waals surface area (Å²) in [4.78, 5) is 23.9. The molecule has 0 radical (unpaired) electrons. The minimum Gasteiger partial charge on any atom is -0.481 e. The van der Waals surface area contributed by atoms with E-state index in [4.69, 9.17) is 26.4 Å². The molecule has 196 valence electrons. The molecule has 0 saturated heterocycles. The van der Waals surface area contributed by atoms with Gasteiger partial charge in [-0.25, -0.2) is 0 Å². The molecular weight excluding hydrogens is 476 g/mol. The molecule has 0 heterocycles. The Bertz CT molecular complexity index is 941. The summed E-state index contributed by atoms with van der Waals surface area (Å²) in [6.07, 6.45) is 6.12. The molecule has 1 atom stereocenters. The van der Waals surface area contributed by atoms with Crippen LogP contribution in [0.5, 0.6) is 5.75 Å². The topological polar surface area (TPSA) is 136 Å². The monoisotopic (exact) mass is 514 g/mol. The van der Waals surface area contributed by atoms with E-state index < -0.39 is 5.97 Å². The first-order valence-electron chi connectivity index (χ1n) is 12.3. The van der Waals surface area contributed by atoms with Crippen LogP contribution in [0.15, 0.2) is 66.1 Å². The van der Waals surface area contributed by atoms with Gasteiger partial charge in [0.15, 0.2) is 0 Å². The standard InChI is InChI=1S/C17H23NO4.C11H15NOS/c18-11-13-1-6-14(7-2-13)17(21)22-15-8-3-12(4-9-15)5-10-16(19)20;1-2-7-14-10-5-3-9(4-6-10)11(12)8-13/h3-4,8-9,13-14H,1-2,5-7,10-11,18H2,(H,19,20);2-6,11,13H,1,7-8,12H2. The van der Waals surface area contributed by atoms with Gasteiger partial charge in [-0.1, -0.05) is 30.3 Å². The van der Waals surface area contributed by atoms with Gasteiger partial charge in [0, 0.05) is 17.1 Å². The Kier molecular flexibility index (Phi) is 13.3. The third-order valence-corrected chi connectivity index (χ3v) is 7.16. The number of nitrogens with two attached hydrogens (primary N) is 2. The maximum Gasteiger partial charge on any atom is 0.314 e. The molecule has 36 heavy (non-hydrogen) atoms. The van der Waals surface area contributed by atoms with E-state index in [1.807, 2.05) is 30.3 Å². The Labute approximate surface area is 217 Å². The van der Waals surface area contributed by atoms with Gasteiger partial charge in [-0.15, -0.1) is 18.3 Å². The molecule has 0 amide bonds. The largest absolute Gasteiger partial charge is 0.481 e. The first kappa shape index (κ1) is 29.6. The van der Waals surface area contributed by atoms with Crippen molar-refractivity contribution < 1.29 is 24.5 Å². The van der Waals surface area contributed by atoms with Crippen LogP contribution >= 0.6 is 11.8 Å². The van der Waals surface area contributed by atoms with Gasteiger partial charge < -0.3 is 26.4 Å². The number of hydrogen-bond donors (Lipinski definition) is 4. The second-order valence-electron chi connectivity index (χ2n) is 8.87. The molecule has 7 nitrogen and oxygen atoms in total. The molecule has 3 rings (SSSR count). The van der Waals surface area contributed by atoms with Crippen molar-refractivity contribution in [1.29, 1.82) is 0 Å². The SMILES string of the molecule is C=CCSc1ccc(C(N)CO)cc1.NCC1CCC(C(=O)Oc2ccc(CCC(=O)O)cc2)CC1. The van der Waals surface area contributed by atoms with Crippen LogP contribution in [-0.4, -0.2) is 41.1 Å². The Morgan fingerprint density at radius 1 is 1.08 bits per heavy atom. The number of aryl methyl sites for hydroxylation is 1. The maximum absolute atomic E-state index is 12.1. The summed E-state index contributed by atoms with van der Waals surface area (Å²) in [7, 11) is 0. The molecule has 1 aliphatic carbocycles. The zero-order valence-corrected chi connectivity index (χ0v) is 21.5. The number of rotatable bonds is 11. The maximum atomic E-state index is 12.1. The number of aliphatic carboxylic acids is 1. The van der Waals surface area contributed by atoms with Crippen LogP contribution in [-0.2, 0) is 16.0 Å². The summed E-state index contributed by atoms with van der Waals surface area (Å²) in [5, 5.41) is 17.5. The first-order chi connectivity index (χ1) is 17.4. The number of carboxylic acid groups (broad SMARTS) is 1. The zero-order chi connectivity index (χ0) is 26.3. The normalized spacial score (nSPS) is 17.9. The molecule has 0 spiro atoms. The lowest BCUT2D eigenvalue weighted by Gasteiger charge is -2.26. The van der Waals surface area contributed by atoms with Crippen molar-refractivity contribution in [2.75, 3.05) is 18.9 Å². The molecule has 0 bridgehead atoms. The molecule has 0 aliphatic heterocycles. The number of aliphatic hydroxyl groups is 1. The highest BCUT2D eigenvalue weighted by atomic mass is 32.2. The average Bonchev–Trinajstić information content (AvgIpc) is 2.91. The first-order valence-corrected chi connectivity index (χ1v) is 13.3. The lowest BCUT2D eigenvalue weighted by Crippen LogP contribution is -2.28. The second kappa shape index (κ2) is 16.2. The summed E-state index contributed by atoms with van der Waals surface area (Å²) in [6.45, 7) is 4.34. The van der Waals surface area contributed by atoms with Crippen molar-refractivity contribution in [2.45, 2.75) is 49.5 Å². The Hall–Kier alpha value is -2.65. The number of carboxylic acids is 1. The van der Waals surface area contributed by atoms with Crippen molar-refractivity contribution in [2.24, 2.45) is 23.3 Å². The minimum absolute atomic E-state index is 0.0147. The van der Waals surface area contributed by atoms with E-state index in [1.54, 1.807) is 36.0 Å². The number of aliphatic hydroxyl groups excluding tert-OH is 1.